The van der Waals surface area contributed by atoms with Crippen molar-refractivity contribution < 1.29 is 13.2 Å². The minimum Gasteiger partial charge on any atom is -0.393 e. The first-order chi connectivity index (χ1) is 14.7. The van der Waals surface area contributed by atoms with Gasteiger partial charge >= 0.3 is 0 Å². The van der Waals surface area contributed by atoms with Crippen molar-refractivity contribution in [2.24, 2.45) is 5.92 Å². The lowest BCUT2D eigenvalue weighted by atomic mass is 9.87. The molecule has 0 spiro atoms. The third-order valence-electron chi connectivity index (χ3n) is 5.64. The summed E-state index contributed by atoms with van der Waals surface area (Å²) in [6.45, 7) is 1.54. The molecule has 1 amide bonds. The van der Waals surface area contributed by atoms with Crippen LogP contribution in [0.2, 0.25) is 0 Å². The highest BCUT2D eigenvalue weighted by atomic mass is 32.2. The fourth-order valence-electron chi connectivity index (χ4n) is 3.64. The number of amides is 1. The highest BCUT2D eigenvalue weighted by molar-refractivity contribution is 7.91. The smallest absolute Gasteiger partial charge is 0.275 e. The van der Waals surface area contributed by atoms with Crippen molar-refractivity contribution in [1.82, 2.24) is 24.8 Å². The van der Waals surface area contributed by atoms with E-state index in [9.17, 15) is 18.0 Å². The molecule has 1 aliphatic rings. The number of rotatable bonds is 7. The summed E-state index contributed by atoms with van der Waals surface area (Å²) in [6.07, 6.45) is 5.92. The maximum Gasteiger partial charge on any atom is 0.275 e. The number of carbonyl (C=O) groups excluding carboxylic acids is 1. The van der Waals surface area contributed by atoms with Crippen LogP contribution in [0.1, 0.15) is 30.5 Å². The number of sulfone groups is 1. The Morgan fingerprint density at radius 2 is 2.10 bits per heavy atom. The van der Waals surface area contributed by atoms with Gasteiger partial charge in [0.05, 0.1) is 22.5 Å². The second kappa shape index (κ2) is 8.14. The van der Waals surface area contributed by atoms with E-state index >= 15 is 0 Å². The number of aromatic nitrogens is 4. The van der Waals surface area contributed by atoms with E-state index in [-0.39, 0.29) is 35.3 Å². The zero-order valence-corrected chi connectivity index (χ0v) is 17.9. The highest BCUT2D eigenvalue weighted by Crippen LogP contribution is 2.30. The normalized spacial score (nSPS) is 14.5. The Hall–Kier alpha value is -3.21. The number of H-pyrrole nitrogens is 1. The van der Waals surface area contributed by atoms with Crippen molar-refractivity contribution in [2.75, 3.05) is 11.5 Å². The molecule has 164 valence electrons. The lowest BCUT2D eigenvalue weighted by Crippen LogP contribution is -2.35. The molecule has 1 aliphatic carbocycles. The zero-order chi connectivity index (χ0) is 22.2. The van der Waals surface area contributed by atoms with E-state index in [0.717, 1.165) is 30.3 Å². The highest BCUT2D eigenvalue weighted by Gasteiger charge is 2.29. The number of nitrogen functional groups attached to an aromatic ring is 1. The number of aryl methyl sites for hydroxylation is 1. The third-order valence-corrected chi connectivity index (χ3v) is 7.56. The Labute approximate surface area is 178 Å². The monoisotopic (exact) mass is 444 g/mol. The maximum absolute atomic E-state index is 12.7. The summed E-state index contributed by atoms with van der Waals surface area (Å²) < 4.78 is 26.6. The van der Waals surface area contributed by atoms with E-state index in [4.69, 9.17) is 5.73 Å². The first-order valence-corrected chi connectivity index (χ1v) is 11.7. The topological polar surface area (TPSA) is 153 Å². The van der Waals surface area contributed by atoms with Crippen molar-refractivity contribution in [3.8, 4) is 0 Å². The molecule has 10 nitrogen and oxygen atoms in total. The average molecular weight is 445 g/mol. The van der Waals surface area contributed by atoms with Crippen LogP contribution in [-0.4, -0.2) is 39.6 Å². The fraction of sp³-hybridized carbons (Fsp3) is 0.400. The summed E-state index contributed by atoms with van der Waals surface area (Å²) >= 11 is 0. The predicted molar refractivity (Wildman–Crippen MR) is 115 cm³/mol. The molecule has 31 heavy (non-hydrogen) atoms. The Kier molecular flexibility index (Phi) is 5.52. The van der Waals surface area contributed by atoms with Gasteiger partial charge in [0, 0.05) is 18.4 Å². The molecule has 0 aliphatic heterocycles. The molecular weight excluding hydrogens is 420 g/mol. The number of hydrogen-bond donors (Lipinski definition) is 3. The second-order valence-electron chi connectivity index (χ2n) is 7.93. The van der Waals surface area contributed by atoms with Gasteiger partial charge in [0.2, 0.25) is 5.91 Å². The summed E-state index contributed by atoms with van der Waals surface area (Å²) in [5.74, 6) is -0.289. The molecule has 0 bridgehead atoms. The number of carbonyl (C=O) groups is 1. The molecular formula is C20H24N6O4S. The second-order valence-corrected chi connectivity index (χ2v) is 9.93. The number of nitrogens with zero attached hydrogens (tertiary/aromatic N) is 3. The van der Waals surface area contributed by atoms with Crippen LogP contribution < -0.4 is 16.6 Å². The molecule has 0 aromatic carbocycles. The number of aromatic amines is 1. The lowest BCUT2D eigenvalue weighted by molar-refractivity contribution is -0.121. The van der Waals surface area contributed by atoms with Crippen LogP contribution in [0.3, 0.4) is 0 Å². The summed E-state index contributed by atoms with van der Waals surface area (Å²) in [6, 6.07) is 3.21. The van der Waals surface area contributed by atoms with Gasteiger partial charge in [0.15, 0.2) is 15.5 Å². The maximum atomic E-state index is 12.7. The molecule has 1 saturated carbocycles. The summed E-state index contributed by atoms with van der Waals surface area (Å²) in [4.78, 5) is 36.2. The third kappa shape index (κ3) is 4.31. The minimum atomic E-state index is -3.65. The number of imidazole rings is 1. The predicted octanol–water partition coefficient (Wildman–Crippen LogP) is 0.900. The van der Waals surface area contributed by atoms with Gasteiger partial charge in [-0.05, 0) is 43.4 Å². The Balaban J connectivity index is 1.48. The van der Waals surface area contributed by atoms with Crippen molar-refractivity contribution in [2.45, 2.75) is 44.2 Å². The summed E-state index contributed by atoms with van der Waals surface area (Å²) in [7, 11) is -3.65. The number of anilines is 1. The molecule has 0 atom stereocenters. The Bertz CT molecular complexity index is 1310. The first kappa shape index (κ1) is 21.0. The molecule has 4 N–H and O–H groups in total. The molecule has 0 unspecified atom stereocenters. The van der Waals surface area contributed by atoms with Crippen molar-refractivity contribution in [3.63, 3.8) is 0 Å². The van der Waals surface area contributed by atoms with E-state index in [2.05, 4.69) is 20.3 Å². The van der Waals surface area contributed by atoms with Crippen molar-refractivity contribution >= 4 is 32.6 Å². The van der Waals surface area contributed by atoms with Gasteiger partial charge in [0.1, 0.15) is 12.2 Å². The van der Waals surface area contributed by atoms with E-state index in [1.54, 1.807) is 13.1 Å². The van der Waals surface area contributed by atoms with Crippen LogP contribution in [-0.2, 0) is 27.7 Å². The quantitative estimate of drug-likeness (QED) is 0.489. The van der Waals surface area contributed by atoms with Crippen LogP contribution >= 0.6 is 0 Å². The van der Waals surface area contributed by atoms with Crippen LogP contribution in [0.5, 0.6) is 0 Å². The molecule has 0 saturated heterocycles. The van der Waals surface area contributed by atoms with Gasteiger partial charge in [-0.15, -0.1) is 0 Å². The van der Waals surface area contributed by atoms with Gasteiger partial charge in [-0.2, -0.15) is 0 Å². The number of nitrogens with two attached hydrogens (primary N) is 1. The SMILES string of the molecule is Cc1cc(S(=O)(=O)CC2CCC2)c(N)c(=O)n1CC(=O)NCc1cnc2nc[nH]c2c1. The van der Waals surface area contributed by atoms with E-state index < -0.39 is 21.3 Å². The Morgan fingerprint density at radius 1 is 1.32 bits per heavy atom. The molecule has 4 rings (SSSR count). The number of nitrogens with one attached hydrogen (secondary N) is 2. The fourth-order valence-corrected chi connectivity index (χ4v) is 5.55. The van der Waals surface area contributed by atoms with Crippen LogP contribution in [0, 0.1) is 12.8 Å². The van der Waals surface area contributed by atoms with Crippen LogP contribution in [0.4, 0.5) is 5.69 Å². The molecule has 3 aromatic rings. The molecule has 3 heterocycles. The minimum absolute atomic E-state index is 0.00467. The van der Waals surface area contributed by atoms with Crippen LogP contribution in [0.15, 0.2) is 34.3 Å². The first-order valence-electron chi connectivity index (χ1n) is 10.0. The number of hydrogen-bond acceptors (Lipinski definition) is 7. The number of fused-ring (bicyclic) bond motifs is 1. The summed E-state index contributed by atoms with van der Waals surface area (Å²) in [5.41, 5.74) is 7.35. The van der Waals surface area contributed by atoms with Gasteiger partial charge in [-0.3, -0.25) is 9.59 Å². The van der Waals surface area contributed by atoms with Crippen LogP contribution in [0.25, 0.3) is 11.2 Å². The van der Waals surface area contributed by atoms with Crippen molar-refractivity contribution in [3.05, 3.63) is 46.3 Å². The zero-order valence-electron chi connectivity index (χ0n) is 17.1. The molecule has 1 fully saturated rings. The van der Waals surface area contributed by atoms with E-state index in [1.807, 2.05) is 6.07 Å². The van der Waals surface area contributed by atoms with Gasteiger partial charge in [-0.25, -0.2) is 18.4 Å². The van der Waals surface area contributed by atoms with Gasteiger partial charge < -0.3 is 20.6 Å². The van der Waals surface area contributed by atoms with Crippen molar-refractivity contribution in [1.29, 1.82) is 0 Å². The van der Waals surface area contributed by atoms with E-state index in [0.29, 0.717) is 11.3 Å². The standard InChI is InChI=1S/C20H24N6O4S/c1-12-5-16(31(29,30)10-13-3-2-4-13)18(21)20(28)26(12)9-17(27)22-7-14-6-15-19(23-8-14)25-11-24-15/h5-6,8,11,13H,2-4,7,9-10,21H2,1H3,(H,22,27)(H,23,24,25). The average Bonchev–Trinajstić information content (AvgIpc) is 3.17. The largest absolute Gasteiger partial charge is 0.393 e. The molecule has 3 aromatic heterocycles. The lowest BCUT2D eigenvalue weighted by Gasteiger charge is -2.25. The number of pyridine rings is 2. The molecule has 0 radical (unpaired) electrons. The molecule has 11 heteroatoms. The summed E-state index contributed by atoms with van der Waals surface area (Å²) in [5, 5.41) is 2.73. The Morgan fingerprint density at radius 3 is 2.81 bits per heavy atom. The van der Waals surface area contributed by atoms with E-state index in [1.165, 1.54) is 17.0 Å². The van der Waals surface area contributed by atoms with Gasteiger partial charge in [0.25, 0.3) is 5.56 Å². The van der Waals surface area contributed by atoms with Gasteiger partial charge in [-0.1, -0.05) is 6.42 Å².